The molecule has 0 radical (unpaired) electrons. The topological polar surface area (TPSA) is 66.9 Å². The highest BCUT2D eigenvalue weighted by molar-refractivity contribution is 5.92. The van der Waals surface area contributed by atoms with Gasteiger partial charge in [0.1, 0.15) is 11.5 Å². The largest absolute Gasteiger partial charge is 0.344 e. The van der Waals surface area contributed by atoms with Gasteiger partial charge in [-0.25, -0.2) is 9.97 Å². The molecule has 2 N–H and O–H groups in total. The lowest BCUT2D eigenvalue weighted by atomic mass is 10.1. The lowest BCUT2D eigenvalue weighted by Gasteiger charge is -2.15. The number of para-hydroxylation sites is 1. The van der Waals surface area contributed by atoms with Gasteiger partial charge in [-0.05, 0) is 37.0 Å². The third-order valence-corrected chi connectivity index (χ3v) is 4.52. The van der Waals surface area contributed by atoms with Crippen molar-refractivity contribution >= 4 is 17.4 Å². The van der Waals surface area contributed by atoms with E-state index in [9.17, 15) is 4.79 Å². The second-order valence-corrected chi connectivity index (χ2v) is 6.48. The highest BCUT2D eigenvalue weighted by Crippen LogP contribution is 2.24. The predicted octanol–water partition coefficient (Wildman–Crippen LogP) is 4.58. The summed E-state index contributed by atoms with van der Waals surface area (Å²) in [6, 6.07) is 15.9. The Hall–Kier alpha value is -3.21. The summed E-state index contributed by atoms with van der Waals surface area (Å²) >= 11 is 0. The van der Waals surface area contributed by atoms with Gasteiger partial charge in [-0.1, -0.05) is 55.5 Å². The summed E-state index contributed by atoms with van der Waals surface area (Å²) in [7, 11) is 0. The molecule has 0 saturated carbocycles. The van der Waals surface area contributed by atoms with Crippen molar-refractivity contribution in [1.29, 1.82) is 0 Å². The van der Waals surface area contributed by atoms with Gasteiger partial charge in [-0.3, -0.25) is 4.79 Å². The second-order valence-electron chi connectivity index (χ2n) is 6.48. The summed E-state index contributed by atoms with van der Waals surface area (Å²) in [6.45, 7) is 6.12. The number of nitrogens with one attached hydrogen (secondary N) is 2. The molecular formula is C22H24N4O. The van der Waals surface area contributed by atoms with Crippen LogP contribution >= 0.6 is 0 Å². The van der Waals surface area contributed by atoms with E-state index in [1.807, 2.05) is 43.3 Å². The number of amides is 1. The Morgan fingerprint density at radius 1 is 1.04 bits per heavy atom. The molecule has 1 atom stereocenters. The maximum Gasteiger partial charge on any atom is 0.271 e. The fourth-order valence-electron chi connectivity index (χ4n) is 2.94. The molecule has 0 spiro atoms. The van der Waals surface area contributed by atoms with Crippen molar-refractivity contribution in [2.45, 2.75) is 33.2 Å². The Balaban J connectivity index is 1.69. The molecule has 0 bridgehead atoms. The Morgan fingerprint density at radius 3 is 2.48 bits per heavy atom. The lowest BCUT2D eigenvalue weighted by molar-refractivity contribution is 0.0934. The summed E-state index contributed by atoms with van der Waals surface area (Å²) in [5.41, 5.74) is 4.75. The molecule has 3 rings (SSSR count). The van der Waals surface area contributed by atoms with E-state index in [1.54, 1.807) is 6.20 Å². The van der Waals surface area contributed by atoms with Crippen LogP contribution in [0.1, 0.15) is 47.1 Å². The molecular weight excluding hydrogens is 336 g/mol. The Kier molecular flexibility index (Phi) is 5.81. The van der Waals surface area contributed by atoms with Gasteiger partial charge in [-0.15, -0.1) is 0 Å². The number of carbonyl (C=O) groups is 1. The fraction of sp³-hybridized carbons (Fsp3) is 0.227. The molecule has 0 saturated heterocycles. The molecule has 5 nitrogen and oxygen atoms in total. The molecule has 0 aliphatic heterocycles. The van der Waals surface area contributed by atoms with Gasteiger partial charge in [0.2, 0.25) is 0 Å². The normalized spacial score (nSPS) is 11.7. The summed E-state index contributed by atoms with van der Waals surface area (Å²) < 4.78 is 0. The monoisotopic (exact) mass is 360 g/mol. The van der Waals surface area contributed by atoms with Crippen LogP contribution in [0.2, 0.25) is 0 Å². The number of benzene rings is 2. The summed E-state index contributed by atoms with van der Waals surface area (Å²) in [5.74, 6) is 0.377. The van der Waals surface area contributed by atoms with Crippen molar-refractivity contribution in [3.05, 3.63) is 83.3 Å². The SMILES string of the molecule is CCc1cccc(C)c1Nc1cnc(C(=O)NC(C)c2ccccc2)cn1. The second kappa shape index (κ2) is 8.45. The number of rotatable bonds is 6. The Labute approximate surface area is 159 Å². The minimum absolute atomic E-state index is 0.0996. The average Bonchev–Trinajstić information content (AvgIpc) is 2.70. The zero-order valence-electron chi connectivity index (χ0n) is 15.9. The Morgan fingerprint density at radius 2 is 1.81 bits per heavy atom. The summed E-state index contributed by atoms with van der Waals surface area (Å²) in [4.78, 5) is 21.0. The molecule has 1 amide bonds. The van der Waals surface area contributed by atoms with Crippen LogP contribution in [0.25, 0.3) is 0 Å². The molecule has 5 heteroatoms. The fourth-order valence-corrected chi connectivity index (χ4v) is 2.94. The smallest absolute Gasteiger partial charge is 0.271 e. The predicted molar refractivity (Wildman–Crippen MR) is 108 cm³/mol. The number of carbonyl (C=O) groups excluding carboxylic acids is 1. The van der Waals surface area contributed by atoms with E-state index >= 15 is 0 Å². The third kappa shape index (κ3) is 4.50. The van der Waals surface area contributed by atoms with E-state index in [2.05, 4.69) is 46.6 Å². The first-order valence-corrected chi connectivity index (χ1v) is 9.12. The van der Waals surface area contributed by atoms with Crippen LogP contribution in [0.4, 0.5) is 11.5 Å². The number of aryl methyl sites for hydroxylation is 2. The van der Waals surface area contributed by atoms with Gasteiger partial charge in [0.25, 0.3) is 5.91 Å². The van der Waals surface area contributed by atoms with Crippen LogP contribution in [0.15, 0.2) is 60.9 Å². The highest BCUT2D eigenvalue weighted by Gasteiger charge is 2.13. The quantitative estimate of drug-likeness (QED) is 0.675. The van der Waals surface area contributed by atoms with E-state index in [0.717, 1.165) is 23.2 Å². The van der Waals surface area contributed by atoms with Gasteiger partial charge in [0.05, 0.1) is 18.4 Å². The molecule has 3 aromatic rings. The van der Waals surface area contributed by atoms with Crippen LogP contribution in [0.3, 0.4) is 0 Å². The number of hydrogen-bond acceptors (Lipinski definition) is 4. The molecule has 1 unspecified atom stereocenters. The van der Waals surface area contributed by atoms with Crippen LogP contribution in [-0.4, -0.2) is 15.9 Å². The maximum absolute atomic E-state index is 12.4. The van der Waals surface area contributed by atoms with Crippen LogP contribution in [0, 0.1) is 6.92 Å². The van der Waals surface area contributed by atoms with Crippen molar-refractivity contribution in [3.63, 3.8) is 0 Å². The molecule has 27 heavy (non-hydrogen) atoms. The number of aromatic nitrogens is 2. The molecule has 1 heterocycles. The molecule has 2 aromatic carbocycles. The van der Waals surface area contributed by atoms with Gasteiger partial charge in [-0.2, -0.15) is 0 Å². The lowest BCUT2D eigenvalue weighted by Crippen LogP contribution is -2.27. The standard InChI is InChI=1S/C22H24N4O/c1-4-17-12-8-9-15(2)21(17)26-20-14-23-19(13-24-20)22(27)25-16(3)18-10-6-5-7-11-18/h5-14,16H,4H2,1-3H3,(H,24,26)(H,25,27). The highest BCUT2D eigenvalue weighted by atomic mass is 16.1. The van der Waals surface area contributed by atoms with E-state index in [1.165, 1.54) is 11.8 Å². The maximum atomic E-state index is 12.4. The average molecular weight is 360 g/mol. The van der Waals surface area contributed by atoms with Crippen LogP contribution in [-0.2, 0) is 6.42 Å². The number of nitrogens with zero attached hydrogens (tertiary/aromatic N) is 2. The first kappa shape index (κ1) is 18.6. The van der Waals surface area contributed by atoms with Crippen molar-refractivity contribution in [2.24, 2.45) is 0 Å². The van der Waals surface area contributed by atoms with E-state index in [0.29, 0.717) is 11.5 Å². The molecule has 1 aromatic heterocycles. The molecule has 0 aliphatic carbocycles. The van der Waals surface area contributed by atoms with Gasteiger partial charge < -0.3 is 10.6 Å². The summed E-state index contributed by atoms with van der Waals surface area (Å²) in [6.07, 6.45) is 4.02. The van der Waals surface area contributed by atoms with Gasteiger partial charge in [0.15, 0.2) is 0 Å². The van der Waals surface area contributed by atoms with Gasteiger partial charge in [0, 0.05) is 5.69 Å². The first-order chi connectivity index (χ1) is 13.1. The minimum Gasteiger partial charge on any atom is -0.344 e. The van der Waals surface area contributed by atoms with Crippen molar-refractivity contribution < 1.29 is 4.79 Å². The van der Waals surface area contributed by atoms with Crippen molar-refractivity contribution in [1.82, 2.24) is 15.3 Å². The van der Waals surface area contributed by atoms with Crippen molar-refractivity contribution in [2.75, 3.05) is 5.32 Å². The van der Waals surface area contributed by atoms with Crippen LogP contribution < -0.4 is 10.6 Å². The van der Waals surface area contributed by atoms with Crippen molar-refractivity contribution in [3.8, 4) is 0 Å². The minimum atomic E-state index is -0.240. The zero-order chi connectivity index (χ0) is 19.2. The number of hydrogen-bond donors (Lipinski definition) is 2. The summed E-state index contributed by atoms with van der Waals surface area (Å²) in [5, 5.41) is 6.27. The van der Waals surface area contributed by atoms with E-state index in [-0.39, 0.29) is 11.9 Å². The number of anilines is 2. The molecule has 0 aliphatic rings. The van der Waals surface area contributed by atoms with E-state index < -0.39 is 0 Å². The van der Waals surface area contributed by atoms with Crippen LogP contribution in [0.5, 0.6) is 0 Å². The molecule has 0 fully saturated rings. The van der Waals surface area contributed by atoms with E-state index in [4.69, 9.17) is 0 Å². The first-order valence-electron chi connectivity index (χ1n) is 9.12. The third-order valence-electron chi connectivity index (χ3n) is 4.52. The zero-order valence-corrected chi connectivity index (χ0v) is 15.9. The Bertz CT molecular complexity index is 907. The van der Waals surface area contributed by atoms with Gasteiger partial charge >= 0.3 is 0 Å². The molecule has 138 valence electrons.